The van der Waals surface area contributed by atoms with Crippen LogP contribution in [0.2, 0.25) is 0 Å². The van der Waals surface area contributed by atoms with E-state index in [1.807, 2.05) is 37.8 Å². The van der Waals surface area contributed by atoms with Crippen LogP contribution >= 0.6 is 0 Å². The fourth-order valence-corrected chi connectivity index (χ4v) is 8.24. The standard InChI is InChI=1S/C38H50N8O6S/c1-24(2)53(49,50)32-14-9-8-12-28(32)41-36-43-35(42-33-15-18-39-46(33)36)40-29-22-25(3)27(23-31(29)51-7)26-16-20-44(21-17-26)34(47)30-13-10-11-19-45(30)37(48)52-38(4,5)6/h8-9,12,14-15,18,22-24,26,30H,10-11,13,16-17,19-21H2,1-7H3,(H2,40,41,42,43). The number of para-hydroxylation sites is 1. The van der Waals surface area contributed by atoms with E-state index in [0.29, 0.717) is 48.8 Å². The molecule has 6 rings (SSSR count). The average molecular weight is 747 g/mol. The minimum atomic E-state index is -3.58. The summed E-state index contributed by atoms with van der Waals surface area (Å²) in [7, 11) is -1.97. The molecule has 0 spiro atoms. The SMILES string of the molecule is COc1cc(C2CCN(C(=O)C3CCCCN3C(=O)OC(C)(C)C)CC2)c(C)cc1Nc1nc(Nc2ccccc2S(=O)(=O)C(C)C)n2nccc2n1. The molecule has 284 valence electrons. The van der Waals surface area contributed by atoms with Gasteiger partial charge in [-0.2, -0.15) is 19.6 Å². The van der Waals surface area contributed by atoms with E-state index in [-0.39, 0.29) is 28.6 Å². The van der Waals surface area contributed by atoms with Crippen molar-refractivity contribution in [3.05, 3.63) is 59.8 Å². The number of rotatable bonds is 9. The Morgan fingerprint density at radius 2 is 1.68 bits per heavy atom. The molecule has 2 amide bonds. The Morgan fingerprint density at radius 3 is 2.38 bits per heavy atom. The number of carbonyl (C=O) groups excluding carboxylic acids is 2. The van der Waals surface area contributed by atoms with Crippen molar-refractivity contribution in [2.24, 2.45) is 0 Å². The third kappa shape index (κ3) is 8.19. The maximum atomic E-state index is 13.7. The molecule has 2 aliphatic heterocycles. The van der Waals surface area contributed by atoms with Gasteiger partial charge in [0.15, 0.2) is 15.5 Å². The molecule has 2 N–H and O–H groups in total. The van der Waals surface area contributed by atoms with Crippen LogP contribution < -0.4 is 15.4 Å². The summed E-state index contributed by atoms with van der Waals surface area (Å²) in [5.41, 5.74) is 3.12. The van der Waals surface area contributed by atoms with Crippen LogP contribution in [-0.2, 0) is 19.4 Å². The number of methoxy groups -OCH3 is 1. The van der Waals surface area contributed by atoms with Crippen LogP contribution in [0.15, 0.2) is 53.6 Å². The van der Waals surface area contributed by atoms with Gasteiger partial charge in [-0.3, -0.25) is 9.69 Å². The first-order valence-electron chi connectivity index (χ1n) is 18.2. The third-order valence-electron chi connectivity index (χ3n) is 9.81. The molecule has 15 heteroatoms. The minimum absolute atomic E-state index is 0.00286. The van der Waals surface area contributed by atoms with Gasteiger partial charge in [0.1, 0.15) is 17.4 Å². The number of nitrogens with one attached hydrogen (secondary N) is 2. The number of carbonyl (C=O) groups is 2. The molecular weight excluding hydrogens is 697 g/mol. The molecule has 2 fully saturated rings. The van der Waals surface area contributed by atoms with Crippen molar-refractivity contribution in [2.45, 2.75) is 101 Å². The lowest BCUT2D eigenvalue weighted by Gasteiger charge is -2.40. The molecule has 14 nitrogen and oxygen atoms in total. The van der Waals surface area contributed by atoms with Crippen LogP contribution in [0.3, 0.4) is 0 Å². The predicted molar refractivity (Wildman–Crippen MR) is 203 cm³/mol. The summed E-state index contributed by atoms with van der Waals surface area (Å²) in [6.07, 6.45) is 5.15. The Balaban J connectivity index is 1.18. The Kier molecular flexibility index (Phi) is 10.9. The smallest absolute Gasteiger partial charge is 0.410 e. The minimum Gasteiger partial charge on any atom is -0.495 e. The lowest BCUT2D eigenvalue weighted by molar-refractivity contribution is -0.139. The van der Waals surface area contributed by atoms with Crippen LogP contribution in [0.5, 0.6) is 5.75 Å². The zero-order chi connectivity index (χ0) is 38.1. The first-order valence-corrected chi connectivity index (χ1v) is 19.8. The second-order valence-corrected chi connectivity index (χ2v) is 17.5. The van der Waals surface area contributed by atoms with Crippen molar-refractivity contribution >= 4 is 50.8 Å². The highest BCUT2D eigenvalue weighted by Crippen LogP contribution is 2.38. The fraction of sp³-hybridized carbons (Fsp3) is 0.500. The summed E-state index contributed by atoms with van der Waals surface area (Å²) in [5.74, 6) is 1.37. The molecule has 1 atom stereocenters. The highest BCUT2D eigenvalue weighted by atomic mass is 32.2. The number of fused-ring (bicyclic) bond motifs is 1. The first-order chi connectivity index (χ1) is 25.2. The Bertz CT molecular complexity index is 2090. The quantitative estimate of drug-likeness (QED) is 0.190. The Hall–Kier alpha value is -4.92. The molecule has 2 aromatic carbocycles. The van der Waals surface area contributed by atoms with Crippen molar-refractivity contribution < 1.29 is 27.5 Å². The predicted octanol–water partition coefficient (Wildman–Crippen LogP) is 6.61. The van der Waals surface area contributed by atoms with E-state index < -0.39 is 32.8 Å². The van der Waals surface area contributed by atoms with Gasteiger partial charge in [-0.05, 0) is 115 Å². The molecule has 0 radical (unpaired) electrons. The lowest BCUT2D eigenvalue weighted by atomic mass is 9.86. The van der Waals surface area contributed by atoms with Gasteiger partial charge in [0.25, 0.3) is 0 Å². The van der Waals surface area contributed by atoms with E-state index in [2.05, 4.69) is 27.6 Å². The average Bonchev–Trinajstić information content (AvgIpc) is 3.60. The molecule has 4 aromatic rings. The van der Waals surface area contributed by atoms with Crippen LogP contribution in [0, 0.1) is 6.92 Å². The highest BCUT2D eigenvalue weighted by molar-refractivity contribution is 7.92. The van der Waals surface area contributed by atoms with Crippen molar-refractivity contribution in [1.29, 1.82) is 0 Å². The summed E-state index contributed by atoms with van der Waals surface area (Å²) in [5, 5.41) is 10.2. The van der Waals surface area contributed by atoms with E-state index in [4.69, 9.17) is 14.5 Å². The van der Waals surface area contributed by atoms with Gasteiger partial charge >= 0.3 is 6.09 Å². The summed E-state index contributed by atoms with van der Waals surface area (Å²) in [6.45, 7) is 12.6. The van der Waals surface area contributed by atoms with Gasteiger partial charge in [0.2, 0.25) is 17.8 Å². The highest BCUT2D eigenvalue weighted by Gasteiger charge is 2.38. The van der Waals surface area contributed by atoms with E-state index in [1.54, 1.807) is 62.4 Å². The largest absolute Gasteiger partial charge is 0.495 e. The van der Waals surface area contributed by atoms with Gasteiger partial charge in [0, 0.05) is 25.7 Å². The molecule has 2 saturated heterocycles. The van der Waals surface area contributed by atoms with E-state index >= 15 is 0 Å². The summed E-state index contributed by atoms with van der Waals surface area (Å²) in [4.78, 5) is 39.7. The molecule has 4 heterocycles. The van der Waals surface area contributed by atoms with Crippen molar-refractivity contribution in [1.82, 2.24) is 29.4 Å². The Morgan fingerprint density at radius 1 is 0.943 bits per heavy atom. The second kappa shape index (κ2) is 15.2. The van der Waals surface area contributed by atoms with Gasteiger partial charge in [-0.25, -0.2) is 13.2 Å². The van der Waals surface area contributed by atoms with E-state index in [0.717, 1.165) is 36.8 Å². The van der Waals surface area contributed by atoms with Crippen molar-refractivity contribution in [2.75, 3.05) is 37.4 Å². The van der Waals surface area contributed by atoms with Crippen LogP contribution in [0.25, 0.3) is 5.65 Å². The number of likely N-dealkylation sites (tertiary alicyclic amines) is 2. The molecule has 0 aliphatic carbocycles. The summed E-state index contributed by atoms with van der Waals surface area (Å²) >= 11 is 0. The summed E-state index contributed by atoms with van der Waals surface area (Å²) < 4.78 is 39.3. The molecule has 2 aromatic heterocycles. The molecule has 2 aliphatic rings. The second-order valence-electron chi connectivity index (χ2n) is 15.0. The molecule has 53 heavy (non-hydrogen) atoms. The van der Waals surface area contributed by atoms with E-state index in [9.17, 15) is 18.0 Å². The van der Waals surface area contributed by atoms with E-state index in [1.165, 1.54) is 4.52 Å². The number of sulfone groups is 1. The first kappa shape index (κ1) is 37.8. The molecule has 0 bridgehead atoms. The van der Waals surface area contributed by atoms with Gasteiger partial charge in [-0.15, -0.1) is 0 Å². The maximum absolute atomic E-state index is 13.7. The Labute approximate surface area is 311 Å². The number of aromatic nitrogens is 4. The zero-order valence-electron chi connectivity index (χ0n) is 31.5. The van der Waals surface area contributed by atoms with Gasteiger partial charge in [0.05, 0.1) is 34.8 Å². The number of hydrogen-bond donors (Lipinski definition) is 2. The van der Waals surface area contributed by atoms with Crippen LogP contribution in [0.4, 0.5) is 28.1 Å². The van der Waals surface area contributed by atoms with Gasteiger partial charge in [-0.1, -0.05) is 12.1 Å². The number of piperidine rings is 2. The van der Waals surface area contributed by atoms with Crippen LogP contribution in [-0.4, -0.2) is 93.4 Å². The molecule has 1 unspecified atom stereocenters. The number of aryl methyl sites for hydroxylation is 1. The normalized spacial score (nSPS) is 17.2. The third-order valence-corrected chi connectivity index (χ3v) is 12.0. The van der Waals surface area contributed by atoms with Gasteiger partial charge < -0.3 is 25.0 Å². The number of hydrogen-bond acceptors (Lipinski definition) is 11. The van der Waals surface area contributed by atoms with Crippen molar-refractivity contribution in [3.8, 4) is 5.75 Å². The van der Waals surface area contributed by atoms with Crippen molar-refractivity contribution in [3.63, 3.8) is 0 Å². The molecular formula is C38H50N8O6S. The maximum Gasteiger partial charge on any atom is 0.410 e. The number of amides is 2. The summed E-state index contributed by atoms with van der Waals surface area (Å²) in [6, 6.07) is 12.0. The number of nitrogens with zero attached hydrogens (tertiary/aromatic N) is 6. The lowest BCUT2D eigenvalue weighted by Crippen LogP contribution is -2.55. The number of anilines is 4. The zero-order valence-corrected chi connectivity index (χ0v) is 32.4. The molecule has 0 saturated carbocycles. The van der Waals surface area contributed by atoms with Crippen LogP contribution in [0.1, 0.15) is 83.8 Å². The monoisotopic (exact) mass is 746 g/mol. The number of benzene rings is 2. The number of ether oxygens (including phenoxy) is 2. The topological polar surface area (TPSA) is 160 Å². The fourth-order valence-electron chi connectivity index (χ4n) is 7.03.